The van der Waals surface area contributed by atoms with Crippen LogP contribution >= 0.6 is 11.6 Å². The van der Waals surface area contributed by atoms with Gasteiger partial charge < -0.3 is 5.32 Å². The minimum Gasteiger partial charge on any atom is -0.351 e. The van der Waals surface area contributed by atoms with Gasteiger partial charge in [0.15, 0.2) is 0 Å². The second-order valence-corrected chi connectivity index (χ2v) is 6.75. The third kappa shape index (κ3) is 2.85. The van der Waals surface area contributed by atoms with Crippen LogP contribution in [-0.2, 0) is 10.8 Å². The molecule has 23 heavy (non-hydrogen) atoms. The average Bonchev–Trinajstić information content (AvgIpc) is 2.54. The third-order valence-electron chi connectivity index (χ3n) is 3.48. The molecule has 1 aliphatic rings. The Hall–Kier alpha value is -2.24. The third-order valence-corrected chi connectivity index (χ3v) is 4.69. The zero-order valence-corrected chi connectivity index (χ0v) is 13.7. The van der Waals surface area contributed by atoms with Crippen LogP contribution in [0.2, 0.25) is 5.02 Å². The standard InChI is InChI=1S/C17H12ClNO3S/c1-23(22)17-14(19-11-8-6-10(18)7-9-11)15(20)12-4-2-3-5-13(12)16(17)21/h2-9,19H,1H3. The summed E-state index contributed by atoms with van der Waals surface area (Å²) in [6.45, 7) is 0. The zero-order valence-electron chi connectivity index (χ0n) is 12.1. The molecule has 0 saturated heterocycles. The van der Waals surface area contributed by atoms with Gasteiger partial charge in [-0.15, -0.1) is 0 Å². The highest BCUT2D eigenvalue weighted by molar-refractivity contribution is 7.89. The first-order chi connectivity index (χ1) is 11.0. The molecule has 4 nitrogen and oxygen atoms in total. The molecule has 0 amide bonds. The number of hydrogen-bond donors (Lipinski definition) is 1. The van der Waals surface area contributed by atoms with Crippen molar-refractivity contribution in [3.05, 3.63) is 75.3 Å². The molecule has 2 aromatic rings. The van der Waals surface area contributed by atoms with Gasteiger partial charge in [0.05, 0.1) is 10.8 Å². The maximum absolute atomic E-state index is 12.7. The summed E-state index contributed by atoms with van der Waals surface area (Å²) in [6.07, 6.45) is 1.39. The lowest BCUT2D eigenvalue weighted by Crippen LogP contribution is -2.27. The summed E-state index contributed by atoms with van der Waals surface area (Å²) >= 11 is 5.84. The number of ketones is 2. The SMILES string of the molecule is CS(=O)C1=C(Nc2ccc(Cl)cc2)C(=O)c2ccccc2C1=O. The van der Waals surface area contributed by atoms with E-state index in [1.807, 2.05) is 0 Å². The molecule has 1 unspecified atom stereocenters. The molecule has 0 fully saturated rings. The van der Waals surface area contributed by atoms with Crippen LogP contribution in [0.1, 0.15) is 20.7 Å². The van der Waals surface area contributed by atoms with Crippen LogP contribution in [0.3, 0.4) is 0 Å². The molecule has 0 spiro atoms. The van der Waals surface area contributed by atoms with E-state index in [2.05, 4.69) is 5.32 Å². The topological polar surface area (TPSA) is 63.2 Å². The summed E-state index contributed by atoms with van der Waals surface area (Å²) in [5.74, 6) is -0.738. The Balaban J connectivity index is 2.12. The molecular formula is C17H12ClNO3S. The molecule has 0 heterocycles. The molecular weight excluding hydrogens is 334 g/mol. The largest absolute Gasteiger partial charge is 0.351 e. The molecule has 1 atom stereocenters. The van der Waals surface area contributed by atoms with Gasteiger partial charge in [-0.1, -0.05) is 35.9 Å². The highest BCUT2D eigenvalue weighted by Gasteiger charge is 2.34. The predicted octanol–water partition coefficient (Wildman–Crippen LogP) is 3.42. The van der Waals surface area contributed by atoms with Gasteiger partial charge >= 0.3 is 0 Å². The van der Waals surface area contributed by atoms with Crippen LogP contribution in [0.4, 0.5) is 5.69 Å². The van der Waals surface area contributed by atoms with Gasteiger partial charge in [0.1, 0.15) is 10.6 Å². The van der Waals surface area contributed by atoms with E-state index in [1.165, 1.54) is 6.26 Å². The number of halogens is 1. The van der Waals surface area contributed by atoms with Gasteiger partial charge in [0, 0.05) is 28.1 Å². The van der Waals surface area contributed by atoms with E-state index in [4.69, 9.17) is 11.6 Å². The fourth-order valence-corrected chi connectivity index (χ4v) is 3.35. The number of allylic oxidation sites excluding steroid dienone is 2. The molecule has 0 saturated carbocycles. The molecule has 3 rings (SSSR count). The van der Waals surface area contributed by atoms with Crippen LogP contribution in [0, 0.1) is 0 Å². The highest BCUT2D eigenvalue weighted by atomic mass is 35.5. The van der Waals surface area contributed by atoms with E-state index in [0.717, 1.165) is 0 Å². The van der Waals surface area contributed by atoms with E-state index in [1.54, 1.807) is 48.5 Å². The van der Waals surface area contributed by atoms with Crippen molar-refractivity contribution in [3.8, 4) is 0 Å². The summed E-state index contributed by atoms with van der Waals surface area (Å²) in [4.78, 5) is 25.3. The summed E-state index contributed by atoms with van der Waals surface area (Å²) in [5.41, 5.74) is 1.23. The Labute approximate surface area is 140 Å². The average molecular weight is 346 g/mol. The fourth-order valence-electron chi connectivity index (χ4n) is 2.42. The summed E-state index contributed by atoms with van der Waals surface area (Å²) < 4.78 is 12.0. The van der Waals surface area contributed by atoms with Gasteiger partial charge in [0.25, 0.3) is 0 Å². The lowest BCUT2D eigenvalue weighted by molar-refractivity contribution is 0.0982. The maximum Gasteiger partial charge on any atom is 0.211 e. The molecule has 1 aliphatic carbocycles. The number of hydrogen-bond acceptors (Lipinski definition) is 4. The lowest BCUT2D eigenvalue weighted by atomic mass is 9.92. The molecule has 2 aromatic carbocycles. The minimum atomic E-state index is -1.60. The Morgan fingerprint density at radius 3 is 2.04 bits per heavy atom. The van der Waals surface area contributed by atoms with Gasteiger partial charge in [-0.05, 0) is 24.3 Å². The number of carbonyl (C=O) groups excluding carboxylic acids is 2. The lowest BCUT2D eigenvalue weighted by Gasteiger charge is -2.20. The van der Waals surface area contributed by atoms with Crippen LogP contribution < -0.4 is 5.32 Å². The predicted molar refractivity (Wildman–Crippen MR) is 91.3 cm³/mol. The Bertz CT molecular complexity index is 872. The van der Waals surface area contributed by atoms with Crippen LogP contribution in [0.5, 0.6) is 0 Å². The van der Waals surface area contributed by atoms with Crippen molar-refractivity contribution in [1.29, 1.82) is 0 Å². The van der Waals surface area contributed by atoms with E-state index < -0.39 is 16.6 Å². The van der Waals surface area contributed by atoms with E-state index in [-0.39, 0.29) is 21.9 Å². The molecule has 1 N–H and O–H groups in total. The number of fused-ring (bicyclic) bond motifs is 1. The summed E-state index contributed by atoms with van der Waals surface area (Å²) in [6, 6.07) is 13.2. The molecule has 0 aliphatic heterocycles. The molecule has 0 bridgehead atoms. The van der Waals surface area contributed by atoms with Crippen LogP contribution in [-0.4, -0.2) is 22.0 Å². The molecule has 0 aromatic heterocycles. The van der Waals surface area contributed by atoms with Crippen LogP contribution in [0.25, 0.3) is 0 Å². The first-order valence-corrected chi connectivity index (χ1v) is 8.71. The first-order valence-electron chi connectivity index (χ1n) is 6.77. The van der Waals surface area contributed by atoms with Crippen molar-refractivity contribution in [3.63, 3.8) is 0 Å². The van der Waals surface area contributed by atoms with Crippen molar-refractivity contribution < 1.29 is 13.8 Å². The Morgan fingerprint density at radius 1 is 0.913 bits per heavy atom. The van der Waals surface area contributed by atoms with E-state index >= 15 is 0 Å². The first kappa shape index (κ1) is 15.6. The van der Waals surface area contributed by atoms with Crippen molar-refractivity contribution in [2.24, 2.45) is 0 Å². The van der Waals surface area contributed by atoms with Crippen LogP contribution in [0.15, 0.2) is 59.1 Å². The summed E-state index contributed by atoms with van der Waals surface area (Å²) in [5, 5.41) is 3.47. The Morgan fingerprint density at radius 2 is 1.48 bits per heavy atom. The fraction of sp³-hybridized carbons (Fsp3) is 0.0588. The second kappa shape index (κ2) is 6.10. The number of carbonyl (C=O) groups is 2. The van der Waals surface area contributed by atoms with Crippen molar-refractivity contribution in [2.45, 2.75) is 0 Å². The quantitative estimate of drug-likeness (QED) is 0.925. The number of anilines is 1. The maximum atomic E-state index is 12.7. The van der Waals surface area contributed by atoms with Crippen molar-refractivity contribution in [2.75, 3.05) is 11.6 Å². The monoisotopic (exact) mass is 345 g/mol. The highest BCUT2D eigenvalue weighted by Crippen LogP contribution is 2.29. The normalized spacial score (nSPS) is 15.4. The Kier molecular flexibility index (Phi) is 4.15. The number of nitrogens with one attached hydrogen (secondary N) is 1. The van der Waals surface area contributed by atoms with E-state index in [9.17, 15) is 13.8 Å². The number of Topliss-reactive ketones (excluding diaryl/α,β-unsaturated/α-hetero) is 2. The number of benzene rings is 2. The van der Waals surface area contributed by atoms with Crippen molar-refractivity contribution >= 4 is 39.7 Å². The summed E-state index contributed by atoms with van der Waals surface area (Å²) in [7, 11) is -1.60. The second-order valence-electron chi connectivity index (χ2n) is 4.99. The van der Waals surface area contributed by atoms with Gasteiger partial charge in [0.2, 0.25) is 11.6 Å². The smallest absolute Gasteiger partial charge is 0.211 e. The van der Waals surface area contributed by atoms with Gasteiger partial charge in [-0.25, -0.2) is 0 Å². The molecule has 0 radical (unpaired) electrons. The van der Waals surface area contributed by atoms with Gasteiger partial charge in [-0.3, -0.25) is 13.8 Å². The molecule has 116 valence electrons. The van der Waals surface area contributed by atoms with Crippen molar-refractivity contribution in [1.82, 2.24) is 0 Å². The van der Waals surface area contributed by atoms with Gasteiger partial charge in [-0.2, -0.15) is 0 Å². The zero-order chi connectivity index (χ0) is 16.6. The molecule has 6 heteroatoms. The minimum absolute atomic E-state index is 0.0105. The number of rotatable bonds is 3. The van der Waals surface area contributed by atoms with E-state index in [0.29, 0.717) is 16.3 Å².